The zero-order valence-corrected chi connectivity index (χ0v) is 55.3. The molecule has 7 atom stereocenters. The van der Waals surface area contributed by atoms with Crippen molar-refractivity contribution in [3.05, 3.63) is 102 Å². The number of aromatic nitrogens is 1. The van der Waals surface area contributed by atoms with Gasteiger partial charge in [0.25, 0.3) is 0 Å². The zero-order valence-electron chi connectivity index (χ0n) is 55.3. The second-order valence-electron chi connectivity index (χ2n) is 24.5. The highest BCUT2D eigenvalue weighted by Gasteiger charge is 2.40. The molecule has 3 aliphatic rings. The number of carboxylic acids is 2. The van der Waals surface area contributed by atoms with Crippen molar-refractivity contribution in [1.82, 2.24) is 72.4 Å². The number of carboxylic acid groups (broad SMARTS) is 2. The number of urea groups is 1. The van der Waals surface area contributed by atoms with Crippen LogP contribution in [-0.2, 0) is 76.8 Å². The maximum absolute atomic E-state index is 15.0. The van der Waals surface area contributed by atoms with Gasteiger partial charge in [0.05, 0.1) is 32.6 Å². The number of hydrogen-bond donors (Lipinski definition) is 13. The quantitative estimate of drug-likeness (QED) is 0.0410. The molecular formula is C67H91N15O16. The maximum Gasteiger partial charge on any atom is 0.317 e. The van der Waals surface area contributed by atoms with Crippen LogP contribution in [0.15, 0.2) is 85.1 Å². The van der Waals surface area contributed by atoms with Crippen LogP contribution in [0.3, 0.4) is 0 Å². The summed E-state index contributed by atoms with van der Waals surface area (Å²) in [4.78, 5) is 189. The van der Waals surface area contributed by atoms with Gasteiger partial charge in [-0.2, -0.15) is 0 Å². The van der Waals surface area contributed by atoms with Crippen molar-refractivity contribution in [2.45, 2.75) is 133 Å². The molecule has 0 spiro atoms. The van der Waals surface area contributed by atoms with Gasteiger partial charge in [0.1, 0.15) is 54.6 Å². The van der Waals surface area contributed by atoms with Crippen LogP contribution in [0, 0.1) is 0 Å². The Bertz CT molecular complexity index is 3440. The number of nitrogens with one attached hydrogen (secondary N) is 10. The number of H-pyrrole nitrogens is 1. The van der Waals surface area contributed by atoms with E-state index in [1.54, 1.807) is 77.8 Å². The van der Waals surface area contributed by atoms with Crippen molar-refractivity contribution in [2.75, 3.05) is 85.6 Å². The van der Waals surface area contributed by atoms with Crippen LogP contribution in [0.1, 0.15) is 87.8 Å². The number of piperazine rings is 1. The Labute approximate surface area is 567 Å². The molecule has 4 heterocycles. The number of unbranched alkanes of at least 4 members (excludes halogenated alkanes) is 3. The molecule has 31 heteroatoms. The van der Waals surface area contributed by atoms with Crippen LogP contribution in [-0.4, -0.2) is 240 Å². The summed E-state index contributed by atoms with van der Waals surface area (Å²) in [6.07, 6.45) is 2.76. The lowest BCUT2D eigenvalue weighted by molar-refractivity contribution is -0.146. The zero-order chi connectivity index (χ0) is 70.7. The molecule has 1 aromatic heterocycles. The molecule has 12 amide bonds. The maximum atomic E-state index is 15.0. The predicted octanol–water partition coefficient (Wildman–Crippen LogP) is -1.23. The Morgan fingerprint density at radius 3 is 1.91 bits per heavy atom. The number of carbonyl (C=O) groups is 13. The normalized spacial score (nSPS) is 22.1. The summed E-state index contributed by atoms with van der Waals surface area (Å²) in [7, 11) is 1.35. The predicted molar refractivity (Wildman–Crippen MR) is 356 cm³/mol. The number of aliphatic carboxylic acids is 2. The fourth-order valence-electron chi connectivity index (χ4n) is 11.9. The Kier molecular flexibility index (Phi) is 29.1. The lowest BCUT2D eigenvalue weighted by Crippen LogP contribution is -2.60. The molecule has 4 aromatic rings. The fourth-order valence-corrected chi connectivity index (χ4v) is 11.9. The number of hydrogen-bond acceptors (Lipinski definition) is 16. The molecule has 7 rings (SSSR count). The van der Waals surface area contributed by atoms with Gasteiger partial charge < -0.3 is 88.2 Å². The van der Waals surface area contributed by atoms with Crippen molar-refractivity contribution in [3.8, 4) is 5.75 Å². The third-order valence-electron chi connectivity index (χ3n) is 17.3. The van der Waals surface area contributed by atoms with Gasteiger partial charge in [-0.25, -0.2) is 4.79 Å². The highest BCUT2D eigenvalue weighted by molar-refractivity contribution is 5.99. The lowest BCUT2D eigenvalue weighted by atomic mass is 10.00. The van der Waals surface area contributed by atoms with E-state index in [-0.39, 0.29) is 104 Å². The highest BCUT2D eigenvalue weighted by Crippen LogP contribution is 2.22. The molecular weight excluding hydrogens is 1270 g/mol. The van der Waals surface area contributed by atoms with E-state index >= 15 is 4.79 Å². The number of fused-ring (bicyclic) bond motifs is 2. The van der Waals surface area contributed by atoms with Crippen LogP contribution >= 0.6 is 0 Å². The molecule has 3 saturated heterocycles. The summed E-state index contributed by atoms with van der Waals surface area (Å²) in [6, 6.07) is 12.2. The van der Waals surface area contributed by atoms with Gasteiger partial charge in [0.15, 0.2) is 0 Å². The summed E-state index contributed by atoms with van der Waals surface area (Å²) in [6.45, 7) is 1.41. The number of likely N-dealkylation sites (N-methyl/N-ethyl adjacent to an activating group) is 1. The number of para-hydroxylation sites is 1. The van der Waals surface area contributed by atoms with Crippen molar-refractivity contribution in [1.29, 1.82) is 0 Å². The van der Waals surface area contributed by atoms with Crippen LogP contribution in [0.2, 0.25) is 0 Å². The van der Waals surface area contributed by atoms with E-state index in [1.807, 2.05) is 19.1 Å². The summed E-state index contributed by atoms with van der Waals surface area (Å²) < 4.78 is 5.68. The van der Waals surface area contributed by atoms with Crippen molar-refractivity contribution < 1.29 is 77.3 Å². The summed E-state index contributed by atoms with van der Waals surface area (Å²) in [5, 5.41) is 43.8. The summed E-state index contributed by atoms with van der Waals surface area (Å²) in [5.74, 6) is -10.5. The van der Waals surface area contributed by atoms with Crippen LogP contribution < -0.4 is 58.3 Å². The molecule has 0 radical (unpaired) electrons. The van der Waals surface area contributed by atoms with Gasteiger partial charge in [0, 0.05) is 89.2 Å². The number of benzene rings is 3. The van der Waals surface area contributed by atoms with Gasteiger partial charge in [-0.1, -0.05) is 86.8 Å². The summed E-state index contributed by atoms with van der Waals surface area (Å²) >= 11 is 0. The molecule has 0 bridgehead atoms. The average molecular weight is 1360 g/mol. The standard InChI is InChI=1S/C67H91N15O16/c1-3-4-6-18-49-62(92)76-51(35-44-37-70-47-17-10-9-16-46(44)47)60(90)72-39-56(84)74-48(19-11-12-26-69-67(97)81-30-28-80(29-31-81)41-59(88)89)61(91)78-52(36-58(86)87)66(96)82-27-13-20-53(82)64(94)73-38-55(83)71-40-57(85)79(2)54(34-42-14-7-5-8-15-42)65(95)77-50(63(93)75-49)33-43-21-23-45(24-22-43)98-32-25-68/h5,7-10,14-17,21-24,37,48-54,70H,3-4,6,11-13,18-20,25-36,38-41,68H2,1-2H3,(H,69,97)(H,71,83)(H,72,90)(H,73,94)(H,74,84)(H,75,93)(H,76,92)(H,77,95)(H,78,91)(H,86,87)(H,88,89)/t48-,49-,50-,51-,52-,53+,54-/m0/s1. The third-order valence-corrected chi connectivity index (χ3v) is 17.3. The second-order valence-corrected chi connectivity index (χ2v) is 24.5. The average Bonchev–Trinajstić information content (AvgIpc) is 1.64. The number of nitrogens with zero attached hydrogens (tertiary/aromatic N) is 4. The van der Waals surface area contributed by atoms with Crippen molar-refractivity contribution in [2.24, 2.45) is 5.73 Å². The summed E-state index contributed by atoms with van der Waals surface area (Å²) in [5.41, 5.74) is 8.15. The van der Waals surface area contributed by atoms with Gasteiger partial charge in [-0.05, 0) is 73.4 Å². The Morgan fingerprint density at radius 1 is 0.602 bits per heavy atom. The first-order valence-electron chi connectivity index (χ1n) is 33.2. The largest absolute Gasteiger partial charge is 0.492 e. The molecule has 0 aliphatic carbocycles. The number of nitrogens with two attached hydrogens (primary N) is 1. The van der Waals surface area contributed by atoms with E-state index < -0.39 is 145 Å². The van der Waals surface area contributed by atoms with Crippen LogP contribution in [0.4, 0.5) is 4.79 Å². The molecule has 3 aliphatic heterocycles. The molecule has 0 saturated carbocycles. The highest BCUT2D eigenvalue weighted by atomic mass is 16.5. The monoisotopic (exact) mass is 1360 g/mol. The van der Waals surface area contributed by atoms with Gasteiger partial charge in [-0.15, -0.1) is 0 Å². The van der Waals surface area contributed by atoms with Crippen LogP contribution in [0.25, 0.3) is 10.9 Å². The molecule has 98 heavy (non-hydrogen) atoms. The third kappa shape index (κ3) is 23.0. The Balaban J connectivity index is 1.20. The van der Waals surface area contributed by atoms with E-state index in [0.29, 0.717) is 65.7 Å². The molecule has 3 fully saturated rings. The number of aromatic amines is 1. The van der Waals surface area contributed by atoms with E-state index in [9.17, 15) is 67.7 Å². The number of ether oxygens (including phenoxy) is 1. The lowest BCUT2D eigenvalue weighted by Gasteiger charge is -2.33. The minimum absolute atomic E-state index is 0.0535. The number of carbonyl (C=O) groups excluding carboxylic acids is 11. The first-order valence-corrected chi connectivity index (χ1v) is 33.2. The van der Waals surface area contributed by atoms with Gasteiger partial charge in [0.2, 0.25) is 59.1 Å². The molecule has 3 aromatic carbocycles. The van der Waals surface area contributed by atoms with Crippen molar-refractivity contribution in [3.63, 3.8) is 0 Å². The molecule has 14 N–H and O–H groups in total. The van der Waals surface area contributed by atoms with Crippen molar-refractivity contribution >= 4 is 87.9 Å². The fraction of sp³-hybridized carbons (Fsp3) is 0.507. The van der Waals surface area contributed by atoms with E-state index in [2.05, 4.69) is 52.8 Å². The smallest absolute Gasteiger partial charge is 0.317 e. The Hall–Kier alpha value is -10.2. The van der Waals surface area contributed by atoms with E-state index in [0.717, 1.165) is 9.80 Å². The molecule has 530 valence electrons. The first-order chi connectivity index (χ1) is 47.1. The second kappa shape index (κ2) is 37.9. The van der Waals surface area contributed by atoms with Gasteiger partial charge >= 0.3 is 18.0 Å². The van der Waals surface area contributed by atoms with E-state index in [1.165, 1.54) is 11.9 Å². The van der Waals surface area contributed by atoms with E-state index in [4.69, 9.17) is 10.5 Å². The Morgan fingerprint density at radius 2 is 1.21 bits per heavy atom. The molecule has 31 nitrogen and oxygen atoms in total. The first kappa shape index (κ1) is 75.2. The minimum atomic E-state index is -1.79. The number of amides is 12. The molecule has 0 unspecified atom stereocenters. The van der Waals surface area contributed by atoms with Crippen LogP contribution in [0.5, 0.6) is 5.75 Å². The SMILES string of the molecule is CCCCC[C@@H]1NC(=O)[C@H](Cc2ccc(OCCN)cc2)NC(=O)[C@H](Cc2ccccc2)N(C)C(=O)CNC(=O)CNC(=O)[C@H]2CCCN2C(=O)[C@H](CC(=O)O)NC(=O)[C@H](CCCCNC(=O)N2CCN(CC(=O)O)CC2)NC(=O)CNC(=O)[C@H](Cc2c[nH]c3ccccc23)NC1=O. The minimum Gasteiger partial charge on any atom is -0.492 e. The number of rotatable bonds is 22. The topological polar surface area (TPSA) is 435 Å². The van der Waals surface area contributed by atoms with Gasteiger partial charge in [-0.3, -0.25) is 62.4 Å².